The number of aromatic nitrogens is 2. The summed E-state index contributed by atoms with van der Waals surface area (Å²) in [6, 6.07) is -0.387. The second-order valence-corrected chi connectivity index (χ2v) is 8.61. The van der Waals surface area contributed by atoms with Crippen molar-refractivity contribution in [2.45, 2.75) is 62.9 Å². The predicted octanol–water partition coefficient (Wildman–Crippen LogP) is 0.691. The van der Waals surface area contributed by atoms with Crippen LogP contribution in [0.2, 0.25) is 0 Å². The van der Waals surface area contributed by atoms with Crippen molar-refractivity contribution in [1.82, 2.24) is 25.1 Å². The number of carbonyl (C=O) groups excluding carboxylic acids is 3. The Morgan fingerprint density at radius 1 is 1.07 bits per heavy atom. The molecule has 0 aromatic carbocycles. The minimum atomic E-state index is -0.407. The molecule has 3 amide bonds. The molecule has 1 atom stereocenters. The largest absolute Gasteiger partial charge is 0.348 e. The first-order valence-corrected chi connectivity index (χ1v) is 10.5. The average molecular weight is 385 g/mol. The third kappa shape index (κ3) is 2.64. The molecule has 2 saturated heterocycles. The fourth-order valence-electron chi connectivity index (χ4n) is 5.30. The fourth-order valence-corrected chi connectivity index (χ4v) is 5.30. The summed E-state index contributed by atoms with van der Waals surface area (Å²) in [6.45, 7) is 1.90. The van der Waals surface area contributed by atoms with Crippen LogP contribution in [0.15, 0.2) is 6.33 Å². The van der Waals surface area contributed by atoms with E-state index in [1.54, 1.807) is 6.33 Å². The molecule has 4 heterocycles. The van der Waals surface area contributed by atoms with Gasteiger partial charge in [-0.1, -0.05) is 6.42 Å². The van der Waals surface area contributed by atoms with Crippen LogP contribution >= 0.6 is 0 Å². The maximum Gasteiger partial charge on any atom is 0.245 e. The zero-order valence-electron chi connectivity index (χ0n) is 16.1. The summed E-state index contributed by atoms with van der Waals surface area (Å²) in [5.41, 5.74) is 1.71. The molecule has 1 aliphatic carbocycles. The van der Waals surface area contributed by atoms with E-state index in [0.29, 0.717) is 38.8 Å². The van der Waals surface area contributed by atoms with Gasteiger partial charge in [-0.15, -0.1) is 0 Å². The van der Waals surface area contributed by atoms with Crippen molar-refractivity contribution in [2.75, 3.05) is 19.6 Å². The minimum absolute atomic E-state index is 0.00984. The molecule has 1 aromatic heterocycles. The number of hydrogen-bond acceptors (Lipinski definition) is 4. The number of amides is 3. The normalized spacial score (nSPS) is 26.7. The Hall–Kier alpha value is -2.38. The highest BCUT2D eigenvalue weighted by molar-refractivity contribution is 5.91. The molecule has 4 aliphatic rings. The zero-order valence-corrected chi connectivity index (χ0v) is 16.1. The fraction of sp³-hybridized carbons (Fsp3) is 0.700. The van der Waals surface area contributed by atoms with Crippen LogP contribution in [0.25, 0.3) is 0 Å². The van der Waals surface area contributed by atoms with E-state index in [4.69, 9.17) is 0 Å². The average Bonchev–Trinajstić information content (AvgIpc) is 3.30. The van der Waals surface area contributed by atoms with Crippen LogP contribution in [0.5, 0.6) is 0 Å². The molecular weight excluding hydrogens is 358 g/mol. The van der Waals surface area contributed by atoms with Crippen LogP contribution in [0.3, 0.4) is 0 Å². The lowest BCUT2D eigenvalue weighted by Crippen LogP contribution is -2.61. The van der Waals surface area contributed by atoms with Crippen LogP contribution in [0.1, 0.15) is 56.3 Å². The molecule has 2 N–H and O–H groups in total. The van der Waals surface area contributed by atoms with Gasteiger partial charge in [0, 0.05) is 44.1 Å². The first-order valence-electron chi connectivity index (χ1n) is 10.5. The van der Waals surface area contributed by atoms with Gasteiger partial charge in [0.2, 0.25) is 17.7 Å². The van der Waals surface area contributed by atoms with Gasteiger partial charge in [-0.3, -0.25) is 14.4 Å². The summed E-state index contributed by atoms with van der Waals surface area (Å²) in [4.78, 5) is 49.3. The van der Waals surface area contributed by atoms with Gasteiger partial charge in [0.1, 0.15) is 6.04 Å². The summed E-state index contributed by atoms with van der Waals surface area (Å²) < 4.78 is 0. The molecule has 1 spiro atoms. The molecule has 28 heavy (non-hydrogen) atoms. The van der Waals surface area contributed by atoms with Crippen LogP contribution in [0, 0.1) is 5.92 Å². The maximum atomic E-state index is 13.2. The molecule has 1 aromatic rings. The smallest absolute Gasteiger partial charge is 0.245 e. The third-order valence-corrected chi connectivity index (χ3v) is 7.18. The van der Waals surface area contributed by atoms with Crippen molar-refractivity contribution in [3.63, 3.8) is 0 Å². The minimum Gasteiger partial charge on any atom is -0.348 e. The Morgan fingerprint density at radius 2 is 1.86 bits per heavy atom. The second-order valence-electron chi connectivity index (χ2n) is 8.61. The molecular formula is C20H27N5O3. The van der Waals surface area contributed by atoms with Gasteiger partial charge in [-0.2, -0.15) is 0 Å². The van der Waals surface area contributed by atoms with Crippen molar-refractivity contribution in [2.24, 2.45) is 5.92 Å². The van der Waals surface area contributed by atoms with Crippen molar-refractivity contribution < 1.29 is 14.4 Å². The highest BCUT2D eigenvalue weighted by Crippen LogP contribution is 2.44. The van der Waals surface area contributed by atoms with Crippen molar-refractivity contribution in [3.8, 4) is 0 Å². The Morgan fingerprint density at radius 3 is 2.50 bits per heavy atom. The Balaban J connectivity index is 1.37. The molecule has 1 saturated carbocycles. The standard InChI is InChI=1S/C20H27N5O3/c26-16-5-4-15(23-16)19(28)24-10-7-20(8-11-24)17-14(21-12-22-17)6-9-25(20)18(27)13-2-1-3-13/h12-13,15H,1-11H2,(H,21,22)(H,23,26)/t15-/m1/s1. The molecule has 0 unspecified atom stereocenters. The Bertz CT molecular complexity index is 807. The van der Waals surface area contributed by atoms with Gasteiger partial charge in [0.15, 0.2) is 0 Å². The van der Waals surface area contributed by atoms with Gasteiger partial charge >= 0.3 is 0 Å². The number of aromatic amines is 1. The number of carbonyl (C=O) groups is 3. The Kier molecular flexibility index (Phi) is 4.17. The zero-order chi connectivity index (χ0) is 19.3. The van der Waals surface area contributed by atoms with Crippen LogP contribution in [-0.4, -0.2) is 63.2 Å². The van der Waals surface area contributed by atoms with Crippen LogP contribution in [0.4, 0.5) is 0 Å². The van der Waals surface area contributed by atoms with Crippen LogP contribution in [-0.2, 0) is 26.3 Å². The number of nitrogens with one attached hydrogen (secondary N) is 2. The Labute approximate surface area is 164 Å². The third-order valence-electron chi connectivity index (χ3n) is 7.18. The first kappa shape index (κ1) is 17.7. The summed E-state index contributed by atoms with van der Waals surface area (Å²) in [5, 5.41) is 2.78. The van der Waals surface area contributed by atoms with E-state index in [-0.39, 0.29) is 29.7 Å². The quantitative estimate of drug-likeness (QED) is 0.783. The van der Waals surface area contributed by atoms with E-state index >= 15 is 0 Å². The first-order chi connectivity index (χ1) is 13.6. The molecule has 8 heteroatoms. The number of likely N-dealkylation sites (tertiary alicyclic amines) is 1. The van der Waals surface area contributed by atoms with E-state index in [0.717, 1.165) is 43.6 Å². The molecule has 3 aliphatic heterocycles. The highest BCUT2D eigenvalue weighted by Gasteiger charge is 2.51. The number of fused-ring (bicyclic) bond motifs is 2. The monoisotopic (exact) mass is 385 g/mol. The molecule has 0 bridgehead atoms. The van der Waals surface area contributed by atoms with Gasteiger partial charge in [0.25, 0.3) is 0 Å². The lowest BCUT2D eigenvalue weighted by molar-refractivity contribution is -0.151. The van der Waals surface area contributed by atoms with Crippen molar-refractivity contribution >= 4 is 17.7 Å². The second kappa shape index (κ2) is 6.60. The lowest BCUT2D eigenvalue weighted by atomic mass is 9.76. The van der Waals surface area contributed by atoms with E-state index in [1.165, 1.54) is 0 Å². The highest BCUT2D eigenvalue weighted by atomic mass is 16.2. The van der Waals surface area contributed by atoms with Gasteiger partial charge in [0.05, 0.1) is 17.6 Å². The SMILES string of the molecule is O=C1CC[C@H](C(=O)N2CCC3(CC2)c2nc[nH]c2CCN3C(=O)C2CCC2)N1. The summed E-state index contributed by atoms with van der Waals surface area (Å²) >= 11 is 0. The van der Waals surface area contributed by atoms with Crippen molar-refractivity contribution in [3.05, 3.63) is 17.7 Å². The molecule has 150 valence electrons. The number of imidazole rings is 1. The van der Waals surface area contributed by atoms with Gasteiger partial charge in [-0.25, -0.2) is 4.98 Å². The van der Waals surface area contributed by atoms with E-state index < -0.39 is 5.54 Å². The van der Waals surface area contributed by atoms with E-state index in [2.05, 4.69) is 20.2 Å². The topological polar surface area (TPSA) is 98.4 Å². The number of rotatable bonds is 2. The lowest BCUT2D eigenvalue weighted by Gasteiger charge is -2.52. The van der Waals surface area contributed by atoms with Gasteiger partial charge < -0.3 is 20.1 Å². The van der Waals surface area contributed by atoms with Gasteiger partial charge in [-0.05, 0) is 32.1 Å². The number of piperidine rings is 1. The maximum absolute atomic E-state index is 13.2. The van der Waals surface area contributed by atoms with Crippen molar-refractivity contribution in [1.29, 1.82) is 0 Å². The molecule has 0 radical (unpaired) electrons. The molecule has 5 rings (SSSR count). The number of H-pyrrole nitrogens is 1. The number of hydrogen-bond donors (Lipinski definition) is 2. The number of nitrogens with zero attached hydrogens (tertiary/aromatic N) is 3. The summed E-state index contributed by atoms with van der Waals surface area (Å²) in [7, 11) is 0. The van der Waals surface area contributed by atoms with E-state index in [1.807, 2.05) is 4.90 Å². The summed E-state index contributed by atoms with van der Waals surface area (Å²) in [6.07, 6.45) is 8.08. The van der Waals surface area contributed by atoms with E-state index in [9.17, 15) is 14.4 Å². The van der Waals surface area contributed by atoms with Crippen LogP contribution < -0.4 is 5.32 Å². The summed E-state index contributed by atoms with van der Waals surface area (Å²) in [5.74, 6) is 0.390. The predicted molar refractivity (Wildman–Crippen MR) is 100 cm³/mol. The molecule has 8 nitrogen and oxygen atoms in total. The molecule has 3 fully saturated rings.